The minimum Gasteiger partial charge on any atom is -0.508 e. The first kappa shape index (κ1) is 19.8. The van der Waals surface area contributed by atoms with Gasteiger partial charge in [0, 0.05) is 23.9 Å². The molecule has 0 aliphatic carbocycles. The number of phenols is 1. The third-order valence-corrected chi connectivity index (χ3v) is 5.36. The Morgan fingerprint density at radius 2 is 2.03 bits per heavy atom. The molecule has 2 heterocycles. The highest BCUT2D eigenvalue weighted by molar-refractivity contribution is 7.00. The Morgan fingerprint density at radius 3 is 2.77 bits per heavy atom. The molecule has 9 heteroatoms. The Balaban J connectivity index is 1.58. The van der Waals surface area contributed by atoms with Crippen LogP contribution in [0.3, 0.4) is 0 Å². The van der Waals surface area contributed by atoms with Crippen LogP contribution in [0.4, 0.5) is 0 Å². The van der Waals surface area contributed by atoms with Crippen LogP contribution in [-0.4, -0.2) is 43.3 Å². The number of ether oxygens (including phenoxy) is 2. The van der Waals surface area contributed by atoms with Crippen LogP contribution in [-0.2, 0) is 16.1 Å². The van der Waals surface area contributed by atoms with Crippen molar-refractivity contribution in [3.05, 3.63) is 66.0 Å². The Bertz CT molecular complexity index is 1130. The fourth-order valence-electron chi connectivity index (χ4n) is 3.33. The number of nitrogens with zero attached hydrogens (tertiary/aromatic N) is 4. The maximum atomic E-state index is 12.1. The van der Waals surface area contributed by atoms with Crippen molar-refractivity contribution >= 4 is 28.7 Å². The summed E-state index contributed by atoms with van der Waals surface area (Å²) in [7, 11) is 1.35. The summed E-state index contributed by atoms with van der Waals surface area (Å²) in [6.45, 7) is 1.13. The number of fused-ring (bicyclic) bond motifs is 1. The van der Waals surface area contributed by atoms with Gasteiger partial charge in [0.1, 0.15) is 29.1 Å². The van der Waals surface area contributed by atoms with Gasteiger partial charge in [-0.05, 0) is 35.9 Å². The number of carbonyl (C=O) groups excluding carboxylic acids is 1. The molecule has 0 radical (unpaired) electrons. The molecule has 1 atom stereocenters. The highest BCUT2D eigenvalue weighted by Gasteiger charge is 2.25. The maximum absolute atomic E-state index is 12.1. The molecule has 1 N–H and O–H groups in total. The van der Waals surface area contributed by atoms with Crippen LogP contribution in [0.1, 0.15) is 23.5 Å². The smallest absolute Gasteiger partial charge is 0.306 e. The Labute approximate surface area is 177 Å². The first-order chi connectivity index (χ1) is 14.7. The summed E-state index contributed by atoms with van der Waals surface area (Å²) < 4.78 is 21.0. The summed E-state index contributed by atoms with van der Waals surface area (Å²) in [5, 5.41) is 14.7. The molecule has 30 heavy (non-hydrogen) atoms. The predicted molar refractivity (Wildman–Crippen MR) is 112 cm³/mol. The fourth-order valence-corrected chi connectivity index (χ4v) is 3.88. The number of hydrogen-bond donors (Lipinski definition) is 1. The lowest BCUT2D eigenvalue weighted by Gasteiger charge is -2.19. The van der Waals surface area contributed by atoms with Crippen molar-refractivity contribution in [2.75, 3.05) is 13.7 Å². The van der Waals surface area contributed by atoms with Gasteiger partial charge in [-0.3, -0.25) is 9.48 Å². The molecule has 0 amide bonds. The molecular weight excluding hydrogens is 404 g/mol. The zero-order valence-electron chi connectivity index (χ0n) is 16.3. The van der Waals surface area contributed by atoms with Crippen LogP contribution in [0.25, 0.3) is 11.0 Å². The second kappa shape index (κ2) is 8.91. The molecule has 2 aromatic carbocycles. The molecular formula is C21H20N4O4S. The molecule has 2 aromatic heterocycles. The summed E-state index contributed by atoms with van der Waals surface area (Å²) in [4.78, 5) is 12.1. The number of aromatic hydroxyl groups is 1. The van der Waals surface area contributed by atoms with Gasteiger partial charge < -0.3 is 14.6 Å². The molecule has 0 unspecified atom stereocenters. The minimum absolute atomic E-state index is 0.0696. The molecule has 0 aliphatic heterocycles. The topological polar surface area (TPSA) is 99.4 Å². The van der Waals surface area contributed by atoms with Crippen molar-refractivity contribution in [1.82, 2.24) is 18.5 Å². The number of benzene rings is 2. The van der Waals surface area contributed by atoms with Gasteiger partial charge in [0.2, 0.25) is 0 Å². The zero-order valence-corrected chi connectivity index (χ0v) is 17.1. The van der Waals surface area contributed by atoms with Crippen molar-refractivity contribution in [1.29, 1.82) is 0 Å². The molecule has 4 rings (SSSR count). The molecule has 0 bridgehead atoms. The van der Waals surface area contributed by atoms with E-state index in [1.54, 1.807) is 23.0 Å². The van der Waals surface area contributed by atoms with E-state index in [-0.39, 0.29) is 18.1 Å². The van der Waals surface area contributed by atoms with E-state index >= 15 is 0 Å². The van der Waals surface area contributed by atoms with E-state index in [0.29, 0.717) is 35.5 Å². The van der Waals surface area contributed by atoms with Crippen molar-refractivity contribution < 1.29 is 19.4 Å². The Hall–Kier alpha value is -3.46. The quantitative estimate of drug-likeness (QED) is 0.433. The van der Waals surface area contributed by atoms with Crippen LogP contribution < -0.4 is 4.74 Å². The van der Waals surface area contributed by atoms with E-state index in [9.17, 15) is 9.90 Å². The first-order valence-corrected chi connectivity index (χ1v) is 10.1. The third-order valence-electron chi connectivity index (χ3n) is 4.82. The lowest BCUT2D eigenvalue weighted by molar-refractivity contribution is -0.140. The van der Waals surface area contributed by atoms with Crippen LogP contribution in [0, 0.1) is 0 Å². The lowest BCUT2D eigenvalue weighted by atomic mass is 9.87. The highest BCUT2D eigenvalue weighted by Crippen LogP contribution is 2.39. The van der Waals surface area contributed by atoms with Gasteiger partial charge in [-0.1, -0.05) is 12.1 Å². The maximum Gasteiger partial charge on any atom is 0.306 e. The van der Waals surface area contributed by atoms with Gasteiger partial charge in [0.05, 0.1) is 31.8 Å². The van der Waals surface area contributed by atoms with Crippen LogP contribution in [0.5, 0.6) is 11.5 Å². The van der Waals surface area contributed by atoms with Gasteiger partial charge in [-0.15, -0.1) is 0 Å². The van der Waals surface area contributed by atoms with Gasteiger partial charge >= 0.3 is 5.97 Å². The van der Waals surface area contributed by atoms with E-state index in [2.05, 4.69) is 13.8 Å². The lowest BCUT2D eigenvalue weighted by Crippen LogP contribution is -2.11. The van der Waals surface area contributed by atoms with Crippen molar-refractivity contribution in [2.24, 2.45) is 0 Å². The van der Waals surface area contributed by atoms with E-state index in [4.69, 9.17) is 9.47 Å². The summed E-state index contributed by atoms with van der Waals surface area (Å²) >= 11 is 1.07. The van der Waals surface area contributed by atoms with Gasteiger partial charge in [-0.25, -0.2) is 0 Å². The van der Waals surface area contributed by atoms with Crippen LogP contribution >= 0.6 is 11.7 Å². The molecule has 0 saturated heterocycles. The second-order valence-electron chi connectivity index (χ2n) is 6.65. The molecule has 0 spiro atoms. The molecule has 154 valence electrons. The highest BCUT2D eigenvalue weighted by atomic mass is 32.1. The van der Waals surface area contributed by atoms with Crippen molar-refractivity contribution in [3.8, 4) is 11.5 Å². The summed E-state index contributed by atoms with van der Waals surface area (Å²) in [6, 6.07) is 12.6. The standard InChI is InChI=1S/C21H20N4O4S/c1-28-19(27)13-16(20-18(26)8-7-17-21(20)24-30-23-17)14-3-5-15(6-4-14)29-12-11-25-10-2-9-22-25/h2-10,16,26H,11-13H2,1H3/t16-/m1/s1. The second-order valence-corrected chi connectivity index (χ2v) is 7.18. The van der Waals surface area contributed by atoms with Gasteiger partial charge in [0.25, 0.3) is 0 Å². The average Bonchev–Trinajstić information content (AvgIpc) is 3.45. The number of esters is 1. The molecule has 0 fully saturated rings. The third kappa shape index (κ3) is 4.25. The first-order valence-electron chi connectivity index (χ1n) is 9.37. The number of aromatic nitrogens is 4. The molecule has 0 aliphatic rings. The summed E-state index contributed by atoms with van der Waals surface area (Å²) in [6.07, 6.45) is 3.68. The number of hydrogen-bond acceptors (Lipinski definition) is 8. The zero-order chi connectivity index (χ0) is 20.9. The largest absolute Gasteiger partial charge is 0.508 e. The fraction of sp³-hybridized carbons (Fsp3) is 0.238. The summed E-state index contributed by atoms with van der Waals surface area (Å²) in [5.41, 5.74) is 2.68. The van der Waals surface area contributed by atoms with Gasteiger partial charge in [0.15, 0.2) is 0 Å². The number of phenolic OH excluding ortho intramolecular Hbond substituents is 1. The predicted octanol–water partition coefficient (Wildman–Crippen LogP) is 3.37. The van der Waals surface area contributed by atoms with Crippen molar-refractivity contribution in [3.63, 3.8) is 0 Å². The monoisotopic (exact) mass is 424 g/mol. The molecule has 0 saturated carbocycles. The minimum atomic E-state index is -0.428. The van der Waals surface area contributed by atoms with Gasteiger partial charge in [-0.2, -0.15) is 13.8 Å². The Morgan fingerprint density at radius 1 is 1.20 bits per heavy atom. The SMILES string of the molecule is COC(=O)C[C@H](c1ccc(OCCn2cccn2)cc1)c1c(O)ccc2nsnc12. The van der Waals surface area contributed by atoms with E-state index in [1.807, 2.05) is 36.5 Å². The van der Waals surface area contributed by atoms with Crippen LogP contribution in [0.2, 0.25) is 0 Å². The molecule has 4 aromatic rings. The summed E-state index contributed by atoms with van der Waals surface area (Å²) in [5.74, 6) is -0.0218. The molecule has 8 nitrogen and oxygen atoms in total. The van der Waals surface area contributed by atoms with E-state index in [0.717, 1.165) is 17.3 Å². The van der Waals surface area contributed by atoms with Crippen LogP contribution in [0.15, 0.2) is 54.9 Å². The number of methoxy groups -OCH3 is 1. The van der Waals surface area contributed by atoms with E-state index in [1.165, 1.54) is 7.11 Å². The normalized spacial score (nSPS) is 12.0. The number of carbonyl (C=O) groups is 1. The van der Waals surface area contributed by atoms with E-state index < -0.39 is 5.92 Å². The number of rotatable bonds is 8. The van der Waals surface area contributed by atoms with Crippen molar-refractivity contribution in [2.45, 2.75) is 18.9 Å². The average molecular weight is 424 g/mol. The Kier molecular flexibility index (Phi) is 5.89.